The number of carbonyl (C=O) groups is 2. The van der Waals surface area contributed by atoms with Gasteiger partial charge in [-0.3, -0.25) is 9.59 Å². The Labute approximate surface area is 183 Å². The van der Waals surface area contributed by atoms with Crippen molar-refractivity contribution in [2.45, 2.75) is 70.0 Å². The smallest absolute Gasteiger partial charge is 0.271 e. The predicted octanol–water partition coefficient (Wildman–Crippen LogP) is 3.84. The van der Waals surface area contributed by atoms with Crippen molar-refractivity contribution in [2.24, 2.45) is 0 Å². The number of methoxy groups -OCH3 is 1. The molecule has 2 amide bonds. The number of hydrogen-bond acceptors (Lipinski definition) is 4. The number of hydrogen-bond donors (Lipinski definition) is 1. The normalized spacial score (nSPS) is 22.6. The van der Waals surface area contributed by atoms with Gasteiger partial charge in [-0.15, -0.1) is 0 Å². The van der Waals surface area contributed by atoms with Crippen LogP contribution >= 0.6 is 0 Å². The van der Waals surface area contributed by atoms with Gasteiger partial charge in [-0.05, 0) is 44.0 Å². The molecule has 1 atom stereocenters. The summed E-state index contributed by atoms with van der Waals surface area (Å²) < 4.78 is 12.8. The van der Waals surface area contributed by atoms with Crippen molar-refractivity contribution in [3.63, 3.8) is 0 Å². The quantitative estimate of drug-likeness (QED) is 0.760. The van der Waals surface area contributed by atoms with Crippen molar-refractivity contribution in [1.82, 2.24) is 14.8 Å². The summed E-state index contributed by atoms with van der Waals surface area (Å²) in [6.45, 7) is 2.99. The van der Waals surface area contributed by atoms with Crippen molar-refractivity contribution < 1.29 is 18.7 Å². The van der Waals surface area contributed by atoms with Crippen molar-refractivity contribution in [1.29, 1.82) is 0 Å². The van der Waals surface area contributed by atoms with E-state index in [4.69, 9.17) is 9.15 Å². The number of carbonyl (C=O) groups excluding carboxylic acids is 2. The molecule has 0 saturated heterocycles. The summed E-state index contributed by atoms with van der Waals surface area (Å²) >= 11 is 0. The van der Waals surface area contributed by atoms with Crippen LogP contribution in [0.5, 0.6) is 0 Å². The molecule has 0 aromatic carbocycles. The molecule has 2 aromatic heterocycles. The Morgan fingerprint density at radius 2 is 1.87 bits per heavy atom. The molecule has 0 spiro atoms. The fraction of sp³-hybridized carbons (Fsp3) is 0.583. The lowest BCUT2D eigenvalue weighted by atomic mass is 9.92. The number of ether oxygens (including phenoxy) is 1. The van der Waals surface area contributed by atoms with Gasteiger partial charge in [0.25, 0.3) is 5.91 Å². The molecule has 0 unspecified atom stereocenters. The number of nitrogens with zero attached hydrogens (tertiary/aromatic N) is 2. The van der Waals surface area contributed by atoms with Crippen molar-refractivity contribution in [3.8, 4) is 11.5 Å². The lowest BCUT2D eigenvalue weighted by molar-refractivity contribution is -0.134. The van der Waals surface area contributed by atoms with Gasteiger partial charge in [-0.2, -0.15) is 0 Å². The Hall–Kier alpha value is -2.54. The van der Waals surface area contributed by atoms with Crippen molar-refractivity contribution >= 4 is 11.8 Å². The molecule has 168 valence electrons. The number of nitrogens with one attached hydrogen (secondary N) is 1. The van der Waals surface area contributed by atoms with Crippen LogP contribution in [0.2, 0.25) is 0 Å². The molecule has 31 heavy (non-hydrogen) atoms. The third-order valence-corrected chi connectivity index (χ3v) is 6.73. The van der Waals surface area contributed by atoms with Crippen LogP contribution < -0.4 is 5.32 Å². The fourth-order valence-electron chi connectivity index (χ4n) is 4.89. The van der Waals surface area contributed by atoms with E-state index in [1.54, 1.807) is 18.3 Å². The fourth-order valence-corrected chi connectivity index (χ4v) is 4.89. The molecule has 1 aliphatic carbocycles. The summed E-state index contributed by atoms with van der Waals surface area (Å²) in [4.78, 5) is 28.8. The molecule has 7 heteroatoms. The lowest BCUT2D eigenvalue weighted by Gasteiger charge is -2.44. The molecule has 0 radical (unpaired) electrons. The Bertz CT molecular complexity index is 896. The molecule has 2 aliphatic rings. The third kappa shape index (κ3) is 4.28. The van der Waals surface area contributed by atoms with E-state index in [1.807, 2.05) is 35.8 Å². The second-order valence-electron chi connectivity index (χ2n) is 8.91. The highest BCUT2D eigenvalue weighted by molar-refractivity contribution is 6.00. The largest absolute Gasteiger partial charge is 0.463 e. The zero-order valence-corrected chi connectivity index (χ0v) is 18.6. The number of aromatic nitrogens is 1. The first-order valence-corrected chi connectivity index (χ1v) is 11.4. The zero-order chi connectivity index (χ0) is 21.8. The van der Waals surface area contributed by atoms with E-state index < -0.39 is 5.54 Å². The first-order valence-electron chi connectivity index (χ1n) is 11.4. The van der Waals surface area contributed by atoms with Crippen molar-refractivity contribution in [2.75, 3.05) is 20.3 Å². The highest BCUT2D eigenvalue weighted by Crippen LogP contribution is 2.33. The maximum atomic E-state index is 13.7. The SMILES string of the molecule is COCCN1C(=O)c2ccc(-c3ccco3)n2C[C@]1(C)C(=O)NC1CCCCCCC1. The second-order valence-corrected chi connectivity index (χ2v) is 8.91. The summed E-state index contributed by atoms with van der Waals surface area (Å²) in [5.74, 6) is 0.441. The van der Waals surface area contributed by atoms with Crippen molar-refractivity contribution in [3.05, 3.63) is 36.2 Å². The standard InChI is InChI=1S/C24H33N3O4/c1-24(23(29)25-18-9-6-4-3-5-7-10-18)17-26-19(21-11-8-15-31-21)12-13-20(26)22(28)27(24)14-16-30-2/h8,11-13,15,18H,3-7,9-10,14,16-17H2,1-2H3,(H,25,29)/t24-/m1/s1. The Morgan fingerprint density at radius 1 is 1.16 bits per heavy atom. The molecule has 1 saturated carbocycles. The van der Waals surface area contributed by atoms with E-state index in [0.717, 1.165) is 31.4 Å². The Balaban J connectivity index is 1.64. The zero-order valence-electron chi connectivity index (χ0n) is 18.6. The van der Waals surface area contributed by atoms with E-state index in [-0.39, 0.29) is 17.9 Å². The van der Waals surface area contributed by atoms with E-state index in [9.17, 15) is 9.59 Å². The van der Waals surface area contributed by atoms with Gasteiger partial charge in [0.15, 0.2) is 0 Å². The van der Waals surface area contributed by atoms with Gasteiger partial charge in [0, 0.05) is 19.7 Å². The van der Waals surface area contributed by atoms with Gasteiger partial charge in [0.1, 0.15) is 17.0 Å². The minimum absolute atomic E-state index is 0.0905. The van der Waals surface area contributed by atoms with Gasteiger partial charge in [0.2, 0.25) is 5.91 Å². The Kier molecular flexibility index (Phi) is 6.51. The molecule has 3 heterocycles. The molecular formula is C24H33N3O4. The van der Waals surface area contributed by atoms with Crippen LogP contribution in [0.25, 0.3) is 11.5 Å². The summed E-state index contributed by atoms with van der Waals surface area (Å²) in [7, 11) is 1.61. The van der Waals surface area contributed by atoms with Gasteiger partial charge in [-0.25, -0.2) is 0 Å². The summed E-state index contributed by atoms with van der Waals surface area (Å²) in [6.07, 6.45) is 9.62. The van der Waals surface area contributed by atoms with Crippen LogP contribution in [0.15, 0.2) is 34.9 Å². The number of furan rings is 1. The highest BCUT2D eigenvalue weighted by Gasteiger charge is 2.48. The number of amides is 2. The van der Waals surface area contributed by atoms with Crippen LogP contribution in [0, 0.1) is 0 Å². The van der Waals surface area contributed by atoms with Gasteiger partial charge in [-0.1, -0.05) is 32.1 Å². The summed E-state index contributed by atoms with van der Waals surface area (Å²) in [5, 5.41) is 3.29. The van der Waals surface area contributed by atoms with E-state index >= 15 is 0 Å². The van der Waals surface area contributed by atoms with Crippen LogP contribution in [0.3, 0.4) is 0 Å². The molecule has 1 fully saturated rings. The molecular weight excluding hydrogens is 394 g/mol. The van der Waals surface area contributed by atoms with E-state index in [1.165, 1.54) is 19.3 Å². The number of fused-ring (bicyclic) bond motifs is 1. The van der Waals surface area contributed by atoms with Gasteiger partial charge in [0.05, 0.1) is 25.1 Å². The summed E-state index contributed by atoms with van der Waals surface area (Å²) in [6, 6.07) is 7.56. The third-order valence-electron chi connectivity index (χ3n) is 6.73. The average Bonchev–Trinajstić information content (AvgIpc) is 3.39. The van der Waals surface area contributed by atoms with E-state index in [0.29, 0.717) is 31.2 Å². The monoisotopic (exact) mass is 427 g/mol. The predicted molar refractivity (Wildman–Crippen MR) is 118 cm³/mol. The molecule has 1 N–H and O–H groups in total. The highest BCUT2D eigenvalue weighted by atomic mass is 16.5. The van der Waals surface area contributed by atoms with E-state index in [2.05, 4.69) is 5.32 Å². The molecule has 7 nitrogen and oxygen atoms in total. The first kappa shape index (κ1) is 21.7. The molecule has 4 rings (SSSR count). The summed E-state index contributed by atoms with van der Waals surface area (Å²) in [5.41, 5.74) is 0.370. The first-order chi connectivity index (χ1) is 15.0. The lowest BCUT2D eigenvalue weighted by Crippen LogP contribution is -2.65. The molecule has 2 aromatic rings. The minimum Gasteiger partial charge on any atom is -0.463 e. The average molecular weight is 428 g/mol. The minimum atomic E-state index is -1.01. The van der Waals surface area contributed by atoms with Crippen LogP contribution in [0.1, 0.15) is 62.4 Å². The molecule has 0 bridgehead atoms. The molecule has 1 aliphatic heterocycles. The maximum absolute atomic E-state index is 13.7. The van der Waals surface area contributed by atoms with Gasteiger partial charge < -0.3 is 23.9 Å². The van der Waals surface area contributed by atoms with Crippen LogP contribution in [0.4, 0.5) is 0 Å². The number of rotatable bonds is 6. The van der Waals surface area contributed by atoms with Crippen LogP contribution in [-0.2, 0) is 16.1 Å². The maximum Gasteiger partial charge on any atom is 0.271 e. The topological polar surface area (TPSA) is 76.7 Å². The van der Waals surface area contributed by atoms with Crippen LogP contribution in [-0.4, -0.2) is 53.1 Å². The van der Waals surface area contributed by atoms with Gasteiger partial charge >= 0.3 is 0 Å². The Morgan fingerprint density at radius 3 is 2.55 bits per heavy atom. The second kappa shape index (κ2) is 9.30.